The van der Waals surface area contributed by atoms with E-state index in [1.54, 1.807) is 18.2 Å². The van der Waals surface area contributed by atoms with E-state index in [9.17, 15) is 9.59 Å². The van der Waals surface area contributed by atoms with Gasteiger partial charge in [-0.1, -0.05) is 26.8 Å². The summed E-state index contributed by atoms with van der Waals surface area (Å²) in [5, 5.41) is 9.08. The molecule has 2 amide bonds. The Morgan fingerprint density at radius 1 is 1.35 bits per heavy atom. The van der Waals surface area contributed by atoms with Gasteiger partial charge in [0.2, 0.25) is 5.91 Å². The summed E-state index contributed by atoms with van der Waals surface area (Å²) in [6.07, 6.45) is 3.01. The maximum absolute atomic E-state index is 12.6. The van der Waals surface area contributed by atoms with Crippen LogP contribution in [0.3, 0.4) is 0 Å². The highest BCUT2D eigenvalue weighted by Gasteiger charge is 2.37. The minimum Gasteiger partial charge on any atom is -0.352 e. The van der Waals surface area contributed by atoms with E-state index >= 15 is 0 Å². The first-order chi connectivity index (χ1) is 10.9. The zero-order valence-electron chi connectivity index (χ0n) is 14.2. The Kier molecular flexibility index (Phi) is 5.77. The van der Waals surface area contributed by atoms with Gasteiger partial charge in [0.25, 0.3) is 5.91 Å². The fraction of sp³-hybridized carbons (Fsp3) is 0.556. The maximum atomic E-state index is 12.6. The summed E-state index contributed by atoms with van der Waals surface area (Å²) in [4.78, 5) is 24.6. The maximum Gasteiger partial charge on any atom is 0.251 e. The second kappa shape index (κ2) is 7.59. The van der Waals surface area contributed by atoms with Crippen LogP contribution in [0.15, 0.2) is 24.3 Å². The molecule has 5 heteroatoms. The zero-order chi connectivity index (χ0) is 16.9. The van der Waals surface area contributed by atoms with Crippen LogP contribution in [0.5, 0.6) is 0 Å². The van der Waals surface area contributed by atoms with Crippen LogP contribution in [0.4, 0.5) is 5.69 Å². The Balaban J connectivity index is 2.05. The van der Waals surface area contributed by atoms with Crippen molar-refractivity contribution in [2.45, 2.75) is 46.1 Å². The average molecular weight is 317 g/mol. The topological polar surface area (TPSA) is 70.2 Å². The number of nitrogens with one attached hydrogen (secondary N) is 3. The molecule has 5 nitrogen and oxygen atoms in total. The molecule has 1 aromatic carbocycles. The molecule has 0 saturated carbocycles. The van der Waals surface area contributed by atoms with Crippen LogP contribution >= 0.6 is 0 Å². The van der Waals surface area contributed by atoms with Crippen LogP contribution in [0.2, 0.25) is 0 Å². The van der Waals surface area contributed by atoms with Crippen LogP contribution in [0.25, 0.3) is 0 Å². The van der Waals surface area contributed by atoms with Gasteiger partial charge < -0.3 is 16.0 Å². The van der Waals surface area contributed by atoms with E-state index in [0.29, 0.717) is 17.8 Å². The minimum atomic E-state index is -0.214. The lowest BCUT2D eigenvalue weighted by atomic mass is 9.77. The Hall–Kier alpha value is -1.88. The summed E-state index contributed by atoms with van der Waals surface area (Å²) in [7, 11) is 0. The SMILES string of the molecule is CCCNC(=O)c1cccc(NC(=O)C2NCCCC2(C)C)c1. The third-order valence-corrected chi connectivity index (χ3v) is 4.32. The molecule has 1 unspecified atom stereocenters. The van der Waals surface area contributed by atoms with Crippen LogP contribution in [0, 0.1) is 5.41 Å². The van der Waals surface area contributed by atoms with Gasteiger partial charge in [0.05, 0.1) is 6.04 Å². The summed E-state index contributed by atoms with van der Waals surface area (Å²) in [5.41, 5.74) is 1.15. The minimum absolute atomic E-state index is 0.0409. The third-order valence-electron chi connectivity index (χ3n) is 4.32. The fourth-order valence-corrected chi connectivity index (χ4v) is 2.95. The van der Waals surface area contributed by atoms with Gasteiger partial charge in [-0.2, -0.15) is 0 Å². The van der Waals surface area contributed by atoms with Gasteiger partial charge in [-0.05, 0) is 49.4 Å². The molecular weight excluding hydrogens is 290 g/mol. The van der Waals surface area contributed by atoms with Gasteiger partial charge in [-0.25, -0.2) is 0 Å². The lowest BCUT2D eigenvalue weighted by Gasteiger charge is -2.38. The lowest BCUT2D eigenvalue weighted by molar-refractivity contribution is -0.121. The molecule has 0 spiro atoms. The van der Waals surface area contributed by atoms with Crippen molar-refractivity contribution in [2.24, 2.45) is 5.41 Å². The molecule has 126 valence electrons. The van der Waals surface area contributed by atoms with E-state index in [1.807, 2.05) is 13.0 Å². The number of carbonyl (C=O) groups excluding carboxylic acids is 2. The number of benzene rings is 1. The van der Waals surface area contributed by atoms with Gasteiger partial charge >= 0.3 is 0 Å². The monoisotopic (exact) mass is 317 g/mol. The van der Waals surface area contributed by atoms with E-state index in [0.717, 1.165) is 25.8 Å². The van der Waals surface area contributed by atoms with Crippen molar-refractivity contribution in [3.63, 3.8) is 0 Å². The summed E-state index contributed by atoms with van der Waals surface area (Å²) in [5.74, 6) is -0.153. The quantitative estimate of drug-likeness (QED) is 0.781. The van der Waals surface area contributed by atoms with E-state index in [1.165, 1.54) is 0 Å². The number of anilines is 1. The summed E-state index contributed by atoms with van der Waals surface area (Å²) in [6.45, 7) is 7.74. The van der Waals surface area contributed by atoms with Gasteiger partial charge in [0.15, 0.2) is 0 Å². The number of amides is 2. The fourth-order valence-electron chi connectivity index (χ4n) is 2.95. The first-order valence-electron chi connectivity index (χ1n) is 8.36. The van der Waals surface area contributed by atoms with Gasteiger partial charge in [0.1, 0.15) is 0 Å². The molecule has 1 aliphatic rings. The van der Waals surface area contributed by atoms with Gasteiger partial charge in [-0.15, -0.1) is 0 Å². The van der Waals surface area contributed by atoms with Crippen molar-refractivity contribution in [3.05, 3.63) is 29.8 Å². The largest absolute Gasteiger partial charge is 0.352 e. The Morgan fingerprint density at radius 3 is 2.83 bits per heavy atom. The molecule has 1 fully saturated rings. The van der Waals surface area contributed by atoms with Crippen molar-refractivity contribution in [1.82, 2.24) is 10.6 Å². The predicted molar refractivity (Wildman–Crippen MR) is 92.5 cm³/mol. The molecule has 1 saturated heterocycles. The van der Waals surface area contributed by atoms with Crippen LogP contribution in [-0.2, 0) is 4.79 Å². The molecule has 0 radical (unpaired) electrons. The Bertz CT molecular complexity index is 569. The standard InChI is InChI=1S/C18H27N3O2/c1-4-10-20-16(22)13-7-5-8-14(12-13)21-17(23)15-18(2,3)9-6-11-19-15/h5,7-8,12,15,19H,4,6,9-11H2,1-3H3,(H,20,22)(H,21,23). The summed E-state index contributed by atoms with van der Waals surface area (Å²) < 4.78 is 0. The predicted octanol–water partition coefficient (Wildman–Crippen LogP) is 2.54. The number of hydrogen-bond donors (Lipinski definition) is 3. The Labute approximate surface area is 138 Å². The molecule has 3 N–H and O–H groups in total. The molecule has 0 aromatic heterocycles. The second-order valence-corrected chi connectivity index (χ2v) is 6.81. The molecule has 1 heterocycles. The summed E-state index contributed by atoms with van der Waals surface area (Å²) in [6, 6.07) is 6.86. The molecule has 1 aliphatic heterocycles. The normalized spacial score (nSPS) is 19.9. The van der Waals surface area contributed by atoms with Crippen LogP contribution < -0.4 is 16.0 Å². The number of piperidine rings is 1. The van der Waals surface area contributed by atoms with Crippen LogP contribution in [-0.4, -0.2) is 30.9 Å². The first-order valence-corrected chi connectivity index (χ1v) is 8.36. The van der Waals surface area contributed by atoms with Crippen molar-refractivity contribution in [1.29, 1.82) is 0 Å². The van der Waals surface area contributed by atoms with Crippen molar-refractivity contribution in [2.75, 3.05) is 18.4 Å². The molecule has 2 rings (SSSR count). The van der Waals surface area contributed by atoms with E-state index in [4.69, 9.17) is 0 Å². The second-order valence-electron chi connectivity index (χ2n) is 6.81. The zero-order valence-corrected chi connectivity index (χ0v) is 14.2. The number of rotatable bonds is 5. The highest BCUT2D eigenvalue weighted by Crippen LogP contribution is 2.30. The van der Waals surface area contributed by atoms with Gasteiger partial charge in [-0.3, -0.25) is 9.59 Å². The Morgan fingerprint density at radius 2 is 2.13 bits per heavy atom. The van der Waals surface area contributed by atoms with Crippen molar-refractivity contribution >= 4 is 17.5 Å². The average Bonchev–Trinajstić information content (AvgIpc) is 2.52. The molecule has 1 atom stereocenters. The third kappa shape index (κ3) is 4.55. The lowest BCUT2D eigenvalue weighted by Crippen LogP contribution is -2.53. The molecule has 23 heavy (non-hydrogen) atoms. The number of hydrogen-bond acceptors (Lipinski definition) is 3. The highest BCUT2D eigenvalue weighted by molar-refractivity contribution is 5.98. The van der Waals surface area contributed by atoms with E-state index < -0.39 is 0 Å². The van der Waals surface area contributed by atoms with Crippen LogP contribution in [0.1, 0.15) is 50.4 Å². The van der Waals surface area contributed by atoms with Gasteiger partial charge in [0, 0.05) is 17.8 Å². The molecule has 1 aromatic rings. The van der Waals surface area contributed by atoms with Crippen molar-refractivity contribution < 1.29 is 9.59 Å². The number of carbonyl (C=O) groups is 2. The van der Waals surface area contributed by atoms with E-state index in [2.05, 4.69) is 29.8 Å². The van der Waals surface area contributed by atoms with E-state index in [-0.39, 0.29) is 23.3 Å². The van der Waals surface area contributed by atoms with Crippen molar-refractivity contribution in [3.8, 4) is 0 Å². The first kappa shape index (κ1) is 17.5. The smallest absolute Gasteiger partial charge is 0.251 e. The molecular formula is C18H27N3O2. The molecule has 0 bridgehead atoms. The highest BCUT2D eigenvalue weighted by atomic mass is 16.2. The summed E-state index contributed by atoms with van der Waals surface area (Å²) >= 11 is 0. The molecule has 0 aliphatic carbocycles.